The lowest BCUT2D eigenvalue weighted by molar-refractivity contribution is -0.110. The minimum absolute atomic E-state index is 0.363. The molecule has 1 nitrogen and oxygen atoms in total. The molecule has 0 aromatic rings. The minimum atomic E-state index is -0.596. The van der Waals surface area contributed by atoms with Crippen molar-refractivity contribution in [2.75, 3.05) is 6.67 Å². The van der Waals surface area contributed by atoms with E-state index in [1.54, 1.807) is 0 Å². The highest BCUT2D eigenvalue weighted by molar-refractivity contribution is 5.93. The SMILES string of the molecule is [CH2]C(=O)C=CCF. The summed E-state index contributed by atoms with van der Waals surface area (Å²) in [6.45, 7) is 2.39. The molecule has 0 atom stereocenters. The van der Waals surface area contributed by atoms with Gasteiger partial charge in [-0.05, 0) is 6.08 Å². The van der Waals surface area contributed by atoms with Gasteiger partial charge in [0.05, 0.1) is 0 Å². The first kappa shape index (κ1) is 6.34. The number of carbonyl (C=O) groups excluding carboxylic acids is 1. The van der Waals surface area contributed by atoms with Crippen LogP contribution in [0.1, 0.15) is 0 Å². The summed E-state index contributed by atoms with van der Waals surface area (Å²) in [4.78, 5) is 9.84. The van der Waals surface area contributed by atoms with Gasteiger partial charge in [-0.2, -0.15) is 0 Å². The summed E-state index contributed by atoms with van der Waals surface area (Å²) in [7, 11) is 0. The lowest BCUT2D eigenvalue weighted by Crippen LogP contribution is -1.79. The van der Waals surface area contributed by atoms with Crippen molar-refractivity contribution in [3.63, 3.8) is 0 Å². The van der Waals surface area contributed by atoms with E-state index >= 15 is 0 Å². The number of rotatable bonds is 2. The number of hydrogen-bond donors (Lipinski definition) is 0. The number of ketones is 1. The van der Waals surface area contributed by atoms with Gasteiger partial charge >= 0.3 is 0 Å². The molecule has 0 heterocycles. The summed E-state index contributed by atoms with van der Waals surface area (Å²) < 4.78 is 11.1. The van der Waals surface area contributed by atoms with Crippen LogP contribution in [0, 0.1) is 6.92 Å². The maximum Gasteiger partial charge on any atom is 0.155 e. The third kappa shape index (κ3) is 5.34. The molecule has 7 heavy (non-hydrogen) atoms. The van der Waals surface area contributed by atoms with Gasteiger partial charge < -0.3 is 0 Å². The van der Waals surface area contributed by atoms with Gasteiger partial charge in [0.1, 0.15) is 6.67 Å². The largest absolute Gasteiger partial charge is 0.295 e. The fraction of sp³-hybridized carbons (Fsp3) is 0.200. The minimum Gasteiger partial charge on any atom is -0.295 e. The summed E-state index contributed by atoms with van der Waals surface area (Å²) in [6, 6.07) is 0. The molecular formula is C5H6FO. The van der Waals surface area contributed by atoms with E-state index in [9.17, 15) is 9.18 Å². The lowest BCUT2D eigenvalue weighted by atomic mass is 10.4. The van der Waals surface area contributed by atoms with Gasteiger partial charge in [0, 0.05) is 6.92 Å². The average molecular weight is 101 g/mol. The molecule has 0 aliphatic heterocycles. The lowest BCUT2D eigenvalue weighted by Gasteiger charge is -1.71. The molecule has 39 valence electrons. The summed E-state index contributed by atoms with van der Waals surface area (Å²) >= 11 is 0. The van der Waals surface area contributed by atoms with Crippen molar-refractivity contribution in [2.24, 2.45) is 0 Å². The Morgan fingerprint density at radius 2 is 2.43 bits per heavy atom. The van der Waals surface area contributed by atoms with Gasteiger partial charge in [-0.15, -0.1) is 0 Å². The maximum absolute atomic E-state index is 11.1. The fourth-order valence-electron chi connectivity index (χ4n) is 0.176. The molecule has 0 rings (SSSR count). The molecule has 0 unspecified atom stereocenters. The Labute approximate surface area is 41.8 Å². The van der Waals surface area contributed by atoms with E-state index in [0.29, 0.717) is 0 Å². The topological polar surface area (TPSA) is 17.1 Å². The third-order valence-corrected chi connectivity index (χ3v) is 0.393. The van der Waals surface area contributed by atoms with Crippen LogP contribution in [0.15, 0.2) is 12.2 Å². The van der Waals surface area contributed by atoms with E-state index in [0.717, 1.165) is 12.2 Å². The number of alkyl halides is 1. The van der Waals surface area contributed by atoms with Crippen LogP contribution in [0.5, 0.6) is 0 Å². The van der Waals surface area contributed by atoms with Crippen LogP contribution in [-0.2, 0) is 4.79 Å². The molecular weight excluding hydrogens is 95.1 g/mol. The summed E-state index contributed by atoms with van der Waals surface area (Å²) in [5, 5.41) is 0. The highest BCUT2D eigenvalue weighted by atomic mass is 19.1. The fourth-order valence-corrected chi connectivity index (χ4v) is 0.176. The molecule has 0 aliphatic carbocycles. The average Bonchev–Trinajstić information content (AvgIpc) is 1.61. The molecule has 0 fully saturated rings. The first-order chi connectivity index (χ1) is 3.27. The predicted molar refractivity (Wildman–Crippen MR) is 25.5 cm³/mol. The summed E-state index contributed by atoms with van der Waals surface area (Å²) in [5.74, 6) is -0.363. The van der Waals surface area contributed by atoms with Crippen molar-refractivity contribution in [3.8, 4) is 0 Å². The molecule has 0 aromatic heterocycles. The van der Waals surface area contributed by atoms with Gasteiger partial charge in [0.25, 0.3) is 0 Å². The van der Waals surface area contributed by atoms with Crippen molar-refractivity contribution in [3.05, 3.63) is 19.1 Å². The molecule has 0 bridgehead atoms. The quantitative estimate of drug-likeness (QED) is 0.472. The van der Waals surface area contributed by atoms with Crippen molar-refractivity contribution < 1.29 is 9.18 Å². The highest BCUT2D eigenvalue weighted by Crippen LogP contribution is 1.73. The zero-order chi connectivity index (χ0) is 5.70. The predicted octanol–water partition coefficient (Wildman–Crippen LogP) is 0.915. The second-order valence-corrected chi connectivity index (χ2v) is 1.02. The Morgan fingerprint density at radius 1 is 1.86 bits per heavy atom. The molecule has 2 heteroatoms. The molecule has 0 aliphatic rings. The first-order valence-electron chi connectivity index (χ1n) is 1.86. The van der Waals surface area contributed by atoms with Crippen LogP contribution in [0.4, 0.5) is 4.39 Å². The van der Waals surface area contributed by atoms with Crippen LogP contribution in [0.25, 0.3) is 0 Å². The van der Waals surface area contributed by atoms with Gasteiger partial charge in [0.2, 0.25) is 0 Å². The van der Waals surface area contributed by atoms with Crippen LogP contribution in [-0.4, -0.2) is 12.5 Å². The Morgan fingerprint density at radius 3 is 2.57 bits per heavy atom. The Bertz CT molecular complexity index is 86.1. The Hall–Kier alpha value is -0.660. The molecule has 0 saturated heterocycles. The smallest absolute Gasteiger partial charge is 0.155 e. The summed E-state index contributed by atoms with van der Waals surface area (Å²) in [6.07, 6.45) is 2.22. The van der Waals surface area contributed by atoms with Crippen molar-refractivity contribution >= 4 is 5.78 Å². The zero-order valence-corrected chi connectivity index (χ0v) is 3.86. The van der Waals surface area contributed by atoms with Crippen molar-refractivity contribution in [1.82, 2.24) is 0 Å². The van der Waals surface area contributed by atoms with E-state index < -0.39 is 6.67 Å². The Kier molecular flexibility index (Phi) is 3.19. The molecule has 0 spiro atoms. The molecule has 0 saturated carbocycles. The van der Waals surface area contributed by atoms with Gasteiger partial charge in [-0.1, -0.05) is 6.08 Å². The second kappa shape index (κ2) is 3.53. The van der Waals surface area contributed by atoms with Crippen LogP contribution >= 0.6 is 0 Å². The van der Waals surface area contributed by atoms with Gasteiger partial charge in [-0.25, -0.2) is 4.39 Å². The monoisotopic (exact) mass is 101 g/mol. The van der Waals surface area contributed by atoms with Crippen LogP contribution < -0.4 is 0 Å². The molecule has 0 N–H and O–H groups in total. The van der Waals surface area contributed by atoms with E-state index in [4.69, 9.17) is 0 Å². The summed E-state index contributed by atoms with van der Waals surface area (Å²) in [5.41, 5.74) is 0. The van der Waals surface area contributed by atoms with Gasteiger partial charge in [0.15, 0.2) is 5.78 Å². The van der Waals surface area contributed by atoms with E-state index in [1.807, 2.05) is 0 Å². The van der Waals surface area contributed by atoms with Gasteiger partial charge in [-0.3, -0.25) is 4.79 Å². The molecule has 0 amide bonds. The van der Waals surface area contributed by atoms with E-state index in [-0.39, 0.29) is 5.78 Å². The van der Waals surface area contributed by atoms with E-state index in [2.05, 4.69) is 6.92 Å². The van der Waals surface area contributed by atoms with Crippen molar-refractivity contribution in [1.29, 1.82) is 0 Å². The van der Waals surface area contributed by atoms with Crippen LogP contribution in [0.2, 0.25) is 0 Å². The number of allylic oxidation sites excluding steroid dienone is 2. The normalized spacial score (nSPS) is 10.0. The molecule has 0 aromatic carbocycles. The number of carbonyl (C=O) groups is 1. The number of halogens is 1. The second-order valence-electron chi connectivity index (χ2n) is 1.02. The van der Waals surface area contributed by atoms with Crippen LogP contribution in [0.3, 0.4) is 0 Å². The maximum atomic E-state index is 11.1. The first-order valence-corrected chi connectivity index (χ1v) is 1.86. The Balaban J connectivity index is 3.26. The zero-order valence-electron chi connectivity index (χ0n) is 3.86. The highest BCUT2D eigenvalue weighted by Gasteiger charge is 1.77. The molecule has 1 radical (unpaired) electrons. The third-order valence-electron chi connectivity index (χ3n) is 0.393. The standard InChI is InChI=1S/C5H6FO/c1-5(7)3-2-4-6/h2-3H,1,4H2. The van der Waals surface area contributed by atoms with E-state index in [1.165, 1.54) is 0 Å². The number of hydrogen-bond acceptors (Lipinski definition) is 1. The van der Waals surface area contributed by atoms with Crippen molar-refractivity contribution in [2.45, 2.75) is 0 Å².